The Morgan fingerprint density at radius 2 is 1.73 bits per heavy atom. The highest BCUT2D eigenvalue weighted by atomic mass is 16.3. The number of anilines is 1. The zero-order chi connectivity index (χ0) is 15.4. The summed E-state index contributed by atoms with van der Waals surface area (Å²) in [6.45, 7) is 0.512. The van der Waals surface area contributed by atoms with E-state index in [-0.39, 0.29) is 11.5 Å². The highest BCUT2D eigenvalue weighted by molar-refractivity contribution is 5.67. The number of phenolic OH excluding ortho intramolecular Hbond substituents is 2. The minimum Gasteiger partial charge on any atom is -0.508 e. The Bertz CT molecular complexity index is 787. The second kappa shape index (κ2) is 6.18. The Morgan fingerprint density at radius 1 is 0.864 bits per heavy atom. The van der Waals surface area contributed by atoms with Gasteiger partial charge in [0.2, 0.25) is 0 Å². The van der Waals surface area contributed by atoms with E-state index in [4.69, 9.17) is 0 Å². The Morgan fingerprint density at radius 3 is 2.55 bits per heavy atom. The maximum Gasteiger partial charge on any atom is 0.120 e. The Hall–Kier alpha value is -3.01. The van der Waals surface area contributed by atoms with Gasteiger partial charge in [-0.15, -0.1) is 0 Å². The SMILES string of the molecule is Oc1cccc(-c2cncc(NCc3ccccc3O)c2)c1. The molecule has 0 aliphatic heterocycles. The molecule has 3 rings (SSSR count). The van der Waals surface area contributed by atoms with E-state index in [2.05, 4.69) is 10.3 Å². The van der Waals surface area contributed by atoms with Gasteiger partial charge in [0.15, 0.2) is 0 Å². The van der Waals surface area contributed by atoms with Crippen molar-refractivity contribution in [2.45, 2.75) is 6.54 Å². The van der Waals surface area contributed by atoms with Crippen molar-refractivity contribution in [2.24, 2.45) is 0 Å². The van der Waals surface area contributed by atoms with Crippen LogP contribution in [-0.2, 0) is 6.54 Å². The van der Waals surface area contributed by atoms with Crippen LogP contribution < -0.4 is 5.32 Å². The average Bonchev–Trinajstić information content (AvgIpc) is 2.54. The summed E-state index contributed by atoms with van der Waals surface area (Å²) >= 11 is 0. The van der Waals surface area contributed by atoms with Gasteiger partial charge < -0.3 is 15.5 Å². The predicted molar refractivity (Wildman–Crippen MR) is 86.8 cm³/mol. The van der Waals surface area contributed by atoms with Crippen LogP contribution in [0.2, 0.25) is 0 Å². The second-order valence-electron chi connectivity index (χ2n) is 4.99. The number of rotatable bonds is 4. The summed E-state index contributed by atoms with van der Waals surface area (Å²) in [6, 6.07) is 16.2. The van der Waals surface area contributed by atoms with Gasteiger partial charge in [-0.05, 0) is 29.8 Å². The molecule has 4 nitrogen and oxygen atoms in total. The summed E-state index contributed by atoms with van der Waals surface area (Å²) in [6.07, 6.45) is 3.48. The lowest BCUT2D eigenvalue weighted by Gasteiger charge is -2.09. The Kier molecular flexibility index (Phi) is 3.92. The van der Waals surface area contributed by atoms with Gasteiger partial charge in [-0.25, -0.2) is 0 Å². The van der Waals surface area contributed by atoms with Crippen molar-refractivity contribution in [3.05, 3.63) is 72.6 Å². The van der Waals surface area contributed by atoms with Crippen LogP contribution in [0.25, 0.3) is 11.1 Å². The van der Waals surface area contributed by atoms with Crippen LogP contribution in [-0.4, -0.2) is 15.2 Å². The Balaban J connectivity index is 1.78. The average molecular weight is 292 g/mol. The van der Waals surface area contributed by atoms with E-state index in [9.17, 15) is 10.2 Å². The van der Waals surface area contributed by atoms with Crippen LogP contribution in [0.5, 0.6) is 11.5 Å². The molecule has 0 bridgehead atoms. The van der Waals surface area contributed by atoms with E-state index >= 15 is 0 Å². The largest absolute Gasteiger partial charge is 0.508 e. The standard InChI is InChI=1S/C18H16N2O2/c21-17-6-3-5-13(9-17)15-8-16(12-19-10-15)20-11-14-4-1-2-7-18(14)22/h1-10,12,20-22H,11H2. The number of aromatic nitrogens is 1. The predicted octanol–water partition coefficient (Wildman–Crippen LogP) is 3.77. The van der Waals surface area contributed by atoms with E-state index in [1.54, 1.807) is 42.7 Å². The third-order valence-corrected chi connectivity index (χ3v) is 3.39. The molecule has 0 saturated heterocycles. The fourth-order valence-corrected chi connectivity index (χ4v) is 2.24. The van der Waals surface area contributed by atoms with Crippen LogP contribution in [0.1, 0.15) is 5.56 Å². The van der Waals surface area contributed by atoms with E-state index in [1.165, 1.54) is 0 Å². The number of benzene rings is 2. The van der Waals surface area contributed by atoms with Crippen molar-refractivity contribution in [1.29, 1.82) is 0 Å². The maximum absolute atomic E-state index is 9.77. The normalized spacial score (nSPS) is 10.4. The number of hydrogen-bond donors (Lipinski definition) is 3. The molecule has 3 aromatic rings. The molecule has 22 heavy (non-hydrogen) atoms. The minimum absolute atomic E-state index is 0.227. The second-order valence-corrected chi connectivity index (χ2v) is 4.99. The zero-order valence-corrected chi connectivity index (χ0v) is 11.9. The summed E-state index contributed by atoms with van der Waals surface area (Å²) in [5.74, 6) is 0.497. The van der Waals surface area contributed by atoms with Gasteiger partial charge in [0.05, 0.1) is 5.69 Å². The molecule has 0 saturated carbocycles. The van der Waals surface area contributed by atoms with Crippen molar-refractivity contribution >= 4 is 5.69 Å². The molecule has 1 heterocycles. The molecule has 4 heteroatoms. The molecule has 0 aliphatic rings. The molecule has 0 fully saturated rings. The fourth-order valence-electron chi connectivity index (χ4n) is 2.24. The molecule has 0 aliphatic carbocycles. The summed E-state index contributed by atoms with van der Waals surface area (Å²) in [4.78, 5) is 4.22. The highest BCUT2D eigenvalue weighted by Crippen LogP contribution is 2.25. The van der Waals surface area contributed by atoms with Gasteiger partial charge in [-0.2, -0.15) is 0 Å². The van der Waals surface area contributed by atoms with Crippen LogP contribution in [0.15, 0.2) is 67.0 Å². The molecule has 110 valence electrons. The van der Waals surface area contributed by atoms with Crippen LogP contribution >= 0.6 is 0 Å². The van der Waals surface area contributed by atoms with E-state index in [1.807, 2.05) is 24.3 Å². The third-order valence-electron chi connectivity index (χ3n) is 3.39. The van der Waals surface area contributed by atoms with Crippen LogP contribution in [0, 0.1) is 0 Å². The summed E-state index contributed by atoms with van der Waals surface area (Å²) in [5.41, 5.74) is 3.49. The smallest absolute Gasteiger partial charge is 0.120 e. The lowest BCUT2D eigenvalue weighted by atomic mass is 10.1. The monoisotopic (exact) mass is 292 g/mol. The first-order chi connectivity index (χ1) is 10.7. The molecular formula is C18H16N2O2. The van der Waals surface area contributed by atoms with E-state index in [0.717, 1.165) is 22.4 Å². The summed E-state index contributed by atoms with van der Waals surface area (Å²) in [5, 5.41) is 22.6. The molecule has 0 amide bonds. The minimum atomic E-state index is 0.227. The van der Waals surface area contributed by atoms with E-state index in [0.29, 0.717) is 6.54 Å². The van der Waals surface area contributed by atoms with Crippen LogP contribution in [0.3, 0.4) is 0 Å². The van der Waals surface area contributed by atoms with Crippen LogP contribution in [0.4, 0.5) is 5.69 Å². The maximum atomic E-state index is 9.77. The highest BCUT2D eigenvalue weighted by Gasteiger charge is 2.03. The number of aromatic hydroxyl groups is 2. The number of pyridine rings is 1. The molecule has 2 aromatic carbocycles. The molecule has 3 N–H and O–H groups in total. The van der Waals surface area contributed by atoms with Crippen molar-refractivity contribution in [3.8, 4) is 22.6 Å². The molecular weight excluding hydrogens is 276 g/mol. The molecule has 0 spiro atoms. The van der Waals surface area contributed by atoms with Crippen molar-refractivity contribution in [1.82, 2.24) is 4.98 Å². The Labute approximate surface area is 128 Å². The quantitative estimate of drug-likeness (QED) is 0.685. The van der Waals surface area contributed by atoms with Crippen molar-refractivity contribution in [3.63, 3.8) is 0 Å². The topological polar surface area (TPSA) is 65.4 Å². The van der Waals surface area contributed by atoms with Gasteiger partial charge in [0, 0.05) is 30.1 Å². The summed E-state index contributed by atoms with van der Waals surface area (Å²) < 4.78 is 0. The zero-order valence-electron chi connectivity index (χ0n) is 11.9. The number of hydrogen-bond acceptors (Lipinski definition) is 4. The fraction of sp³-hybridized carbons (Fsp3) is 0.0556. The summed E-state index contributed by atoms with van der Waals surface area (Å²) in [7, 11) is 0. The van der Waals surface area contributed by atoms with Crippen molar-refractivity contribution < 1.29 is 10.2 Å². The molecule has 0 atom stereocenters. The van der Waals surface area contributed by atoms with Gasteiger partial charge in [-0.3, -0.25) is 4.98 Å². The first kappa shape index (κ1) is 13.9. The number of para-hydroxylation sites is 1. The van der Waals surface area contributed by atoms with Gasteiger partial charge in [0.1, 0.15) is 11.5 Å². The molecule has 0 unspecified atom stereocenters. The first-order valence-electron chi connectivity index (χ1n) is 6.97. The number of phenols is 2. The van der Waals surface area contributed by atoms with E-state index < -0.39 is 0 Å². The number of nitrogens with zero attached hydrogens (tertiary/aromatic N) is 1. The van der Waals surface area contributed by atoms with Gasteiger partial charge in [-0.1, -0.05) is 30.3 Å². The lowest BCUT2D eigenvalue weighted by molar-refractivity contribution is 0.469. The first-order valence-corrected chi connectivity index (χ1v) is 6.97. The lowest BCUT2D eigenvalue weighted by Crippen LogP contribution is -2.00. The van der Waals surface area contributed by atoms with Gasteiger partial charge >= 0.3 is 0 Å². The third kappa shape index (κ3) is 3.17. The van der Waals surface area contributed by atoms with Crippen molar-refractivity contribution in [2.75, 3.05) is 5.32 Å². The molecule has 0 radical (unpaired) electrons. The van der Waals surface area contributed by atoms with Gasteiger partial charge in [0.25, 0.3) is 0 Å². The number of nitrogens with one attached hydrogen (secondary N) is 1. The molecule has 1 aromatic heterocycles.